The van der Waals surface area contributed by atoms with Crippen molar-refractivity contribution < 1.29 is 4.79 Å². The third-order valence-corrected chi connectivity index (χ3v) is 4.74. The summed E-state index contributed by atoms with van der Waals surface area (Å²) in [6, 6.07) is 8.18. The smallest absolute Gasteiger partial charge is 0.229 e. The van der Waals surface area contributed by atoms with Crippen LogP contribution in [0.15, 0.2) is 35.0 Å². The Morgan fingerprint density at radius 2 is 2.25 bits per heavy atom. The van der Waals surface area contributed by atoms with Gasteiger partial charge in [-0.05, 0) is 39.9 Å². The molecule has 0 fully saturated rings. The van der Waals surface area contributed by atoms with Crippen LogP contribution in [0, 0.1) is 6.92 Å². The van der Waals surface area contributed by atoms with Crippen LogP contribution in [0.25, 0.3) is 0 Å². The molecule has 0 saturated heterocycles. The molecular formula is C16H18N2OS. The molecule has 0 spiro atoms. The molecule has 1 aromatic carbocycles. The predicted octanol–water partition coefficient (Wildman–Crippen LogP) is 2.56. The van der Waals surface area contributed by atoms with Gasteiger partial charge in [-0.15, -0.1) is 0 Å². The fourth-order valence-corrected chi connectivity index (χ4v) is 3.46. The molecule has 104 valence electrons. The maximum Gasteiger partial charge on any atom is 0.229 e. The Morgan fingerprint density at radius 1 is 1.40 bits per heavy atom. The highest BCUT2D eigenvalue weighted by Gasteiger charge is 2.25. The minimum atomic E-state index is -0.0844. The second-order valence-electron chi connectivity index (χ2n) is 5.18. The normalized spacial score (nSPS) is 17.6. The first-order valence-corrected chi connectivity index (χ1v) is 7.78. The molecule has 1 aromatic heterocycles. The van der Waals surface area contributed by atoms with E-state index < -0.39 is 0 Å². The summed E-state index contributed by atoms with van der Waals surface area (Å²) in [4.78, 5) is 12.4. The Kier molecular flexibility index (Phi) is 3.85. The van der Waals surface area contributed by atoms with E-state index in [1.165, 1.54) is 16.7 Å². The van der Waals surface area contributed by atoms with Crippen molar-refractivity contribution in [2.75, 3.05) is 6.54 Å². The first-order chi connectivity index (χ1) is 9.75. The molecule has 2 N–H and O–H groups in total. The SMILES string of the molecule is Cc1cscc1CNC(=O)C1CNCc2ccccc21. The Bertz CT molecular complexity index is 620. The molecule has 1 amide bonds. The fourth-order valence-electron chi connectivity index (χ4n) is 2.60. The number of benzene rings is 1. The minimum Gasteiger partial charge on any atom is -0.351 e. The van der Waals surface area contributed by atoms with Crippen molar-refractivity contribution in [3.8, 4) is 0 Å². The van der Waals surface area contributed by atoms with Gasteiger partial charge >= 0.3 is 0 Å². The first kappa shape index (κ1) is 13.3. The van der Waals surface area contributed by atoms with Gasteiger partial charge in [0.05, 0.1) is 5.92 Å². The summed E-state index contributed by atoms with van der Waals surface area (Å²) in [7, 11) is 0. The molecule has 0 radical (unpaired) electrons. The Labute approximate surface area is 123 Å². The number of nitrogens with one attached hydrogen (secondary N) is 2. The summed E-state index contributed by atoms with van der Waals surface area (Å²) in [6.45, 7) is 4.26. The van der Waals surface area contributed by atoms with Gasteiger partial charge in [0.2, 0.25) is 5.91 Å². The van der Waals surface area contributed by atoms with E-state index in [-0.39, 0.29) is 11.8 Å². The number of aryl methyl sites for hydroxylation is 1. The van der Waals surface area contributed by atoms with Crippen LogP contribution in [0.4, 0.5) is 0 Å². The number of rotatable bonds is 3. The number of amides is 1. The number of carbonyl (C=O) groups excluding carboxylic acids is 1. The highest BCUT2D eigenvalue weighted by Crippen LogP contribution is 2.24. The molecule has 4 heteroatoms. The van der Waals surface area contributed by atoms with Gasteiger partial charge in [0.25, 0.3) is 0 Å². The molecule has 0 aliphatic carbocycles. The van der Waals surface area contributed by atoms with Gasteiger partial charge in [0, 0.05) is 19.6 Å². The van der Waals surface area contributed by atoms with Crippen molar-refractivity contribution in [3.05, 3.63) is 57.3 Å². The topological polar surface area (TPSA) is 41.1 Å². The molecule has 1 unspecified atom stereocenters. The van der Waals surface area contributed by atoms with E-state index in [4.69, 9.17) is 0 Å². The molecule has 0 bridgehead atoms. The zero-order valence-electron chi connectivity index (χ0n) is 11.5. The van der Waals surface area contributed by atoms with Crippen molar-refractivity contribution >= 4 is 17.2 Å². The van der Waals surface area contributed by atoms with E-state index in [1.807, 2.05) is 12.1 Å². The number of carbonyl (C=O) groups is 1. The lowest BCUT2D eigenvalue weighted by molar-refractivity contribution is -0.122. The van der Waals surface area contributed by atoms with E-state index in [0.29, 0.717) is 13.1 Å². The third kappa shape index (κ3) is 2.62. The molecule has 2 aromatic rings. The summed E-state index contributed by atoms with van der Waals surface area (Å²) in [5, 5.41) is 10.6. The molecule has 2 heterocycles. The molecule has 1 atom stereocenters. The Balaban J connectivity index is 1.71. The van der Waals surface area contributed by atoms with E-state index in [9.17, 15) is 4.79 Å². The van der Waals surface area contributed by atoms with Gasteiger partial charge in [0.1, 0.15) is 0 Å². The van der Waals surface area contributed by atoms with E-state index in [0.717, 1.165) is 12.1 Å². The number of thiophene rings is 1. The molecule has 20 heavy (non-hydrogen) atoms. The van der Waals surface area contributed by atoms with E-state index in [1.54, 1.807) is 11.3 Å². The quantitative estimate of drug-likeness (QED) is 0.910. The van der Waals surface area contributed by atoms with Crippen molar-refractivity contribution in [2.45, 2.75) is 25.9 Å². The second-order valence-corrected chi connectivity index (χ2v) is 5.92. The van der Waals surface area contributed by atoms with Crippen LogP contribution in [0.2, 0.25) is 0 Å². The summed E-state index contributed by atoms with van der Waals surface area (Å²) in [5.74, 6) is 0.0224. The zero-order chi connectivity index (χ0) is 13.9. The van der Waals surface area contributed by atoms with Gasteiger partial charge in [-0.3, -0.25) is 4.79 Å². The standard InChI is InChI=1S/C16H18N2OS/c1-11-9-20-10-13(11)7-18-16(19)15-8-17-6-12-4-2-3-5-14(12)15/h2-5,9-10,15,17H,6-8H2,1H3,(H,18,19). The van der Waals surface area contributed by atoms with Crippen molar-refractivity contribution in [1.82, 2.24) is 10.6 Å². The Hall–Kier alpha value is -1.65. The van der Waals surface area contributed by atoms with Crippen LogP contribution in [-0.4, -0.2) is 12.5 Å². The lowest BCUT2D eigenvalue weighted by Gasteiger charge is -2.25. The summed E-state index contributed by atoms with van der Waals surface area (Å²) >= 11 is 1.68. The van der Waals surface area contributed by atoms with Crippen LogP contribution in [0.5, 0.6) is 0 Å². The molecular weight excluding hydrogens is 268 g/mol. The van der Waals surface area contributed by atoms with Crippen LogP contribution >= 0.6 is 11.3 Å². The molecule has 3 nitrogen and oxygen atoms in total. The average Bonchev–Trinajstić information content (AvgIpc) is 2.89. The maximum atomic E-state index is 12.4. The molecule has 0 saturated carbocycles. The summed E-state index contributed by atoms with van der Waals surface area (Å²) in [6.07, 6.45) is 0. The summed E-state index contributed by atoms with van der Waals surface area (Å²) < 4.78 is 0. The van der Waals surface area contributed by atoms with Crippen LogP contribution < -0.4 is 10.6 Å². The van der Waals surface area contributed by atoms with Gasteiger partial charge in [-0.2, -0.15) is 11.3 Å². The van der Waals surface area contributed by atoms with Gasteiger partial charge in [-0.1, -0.05) is 24.3 Å². The van der Waals surface area contributed by atoms with E-state index >= 15 is 0 Å². The van der Waals surface area contributed by atoms with Crippen LogP contribution in [0.3, 0.4) is 0 Å². The van der Waals surface area contributed by atoms with Crippen molar-refractivity contribution in [3.63, 3.8) is 0 Å². The van der Waals surface area contributed by atoms with Gasteiger partial charge in [0.15, 0.2) is 0 Å². The zero-order valence-corrected chi connectivity index (χ0v) is 12.3. The lowest BCUT2D eigenvalue weighted by atomic mass is 9.90. The number of fused-ring (bicyclic) bond motifs is 1. The molecule has 3 rings (SSSR count). The monoisotopic (exact) mass is 286 g/mol. The third-order valence-electron chi connectivity index (χ3n) is 3.83. The number of hydrogen-bond donors (Lipinski definition) is 2. The Morgan fingerprint density at radius 3 is 3.05 bits per heavy atom. The highest BCUT2D eigenvalue weighted by atomic mass is 32.1. The summed E-state index contributed by atoms with van der Waals surface area (Å²) in [5.41, 5.74) is 4.84. The lowest BCUT2D eigenvalue weighted by Crippen LogP contribution is -2.38. The first-order valence-electron chi connectivity index (χ1n) is 6.83. The highest BCUT2D eigenvalue weighted by molar-refractivity contribution is 7.08. The minimum absolute atomic E-state index is 0.0844. The van der Waals surface area contributed by atoms with E-state index in [2.05, 4.69) is 40.5 Å². The van der Waals surface area contributed by atoms with Crippen molar-refractivity contribution in [2.24, 2.45) is 0 Å². The molecule has 1 aliphatic rings. The van der Waals surface area contributed by atoms with Gasteiger partial charge in [-0.25, -0.2) is 0 Å². The van der Waals surface area contributed by atoms with Crippen molar-refractivity contribution in [1.29, 1.82) is 0 Å². The van der Waals surface area contributed by atoms with Crippen LogP contribution in [0.1, 0.15) is 28.2 Å². The molecule has 1 aliphatic heterocycles. The largest absolute Gasteiger partial charge is 0.351 e. The number of hydrogen-bond acceptors (Lipinski definition) is 3. The maximum absolute atomic E-state index is 12.4. The second kappa shape index (κ2) is 5.77. The fraction of sp³-hybridized carbons (Fsp3) is 0.312. The average molecular weight is 286 g/mol. The predicted molar refractivity (Wildman–Crippen MR) is 81.8 cm³/mol. The van der Waals surface area contributed by atoms with Gasteiger partial charge < -0.3 is 10.6 Å². The van der Waals surface area contributed by atoms with Crippen LogP contribution in [-0.2, 0) is 17.9 Å².